The van der Waals surface area contributed by atoms with E-state index in [9.17, 15) is 24.6 Å². The Labute approximate surface area is 84.1 Å². The first-order chi connectivity index (χ1) is 7.01. The van der Waals surface area contributed by atoms with Crippen LogP contribution in [0, 0.1) is 5.92 Å². The summed E-state index contributed by atoms with van der Waals surface area (Å²) in [5, 5.41) is 27.6. The molecular weight excluding hydrogens is 204 g/mol. The van der Waals surface area contributed by atoms with E-state index in [0.29, 0.717) is 6.08 Å². The van der Waals surface area contributed by atoms with Crippen molar-refractivity contribution in [3.8, 4) is 0 Å². The lowest BCUT2D eigenvalue weighted by Gasteiger charge is -2.30. The lowest BCUT2D eigenvalue weighted by molar-refractivity contribution is -0.141. The van der Waals surface area contributed by atoms with E-state index in [1.165, 1.54) is 0 Å². The number of carbonyl (C=O) groups is 3. The van der Waals surface area contributed by atoms with Gasteiger partial charge in [0.15, 0.2) is 17.7 Å². The van der Waals surface area contributed by atoms with Crippen LogP contribution in [0.1, 0.15) is 0 Å². The Kier molecular flexibility index (Phi) is 2.71. The molecule has 0 aromatic rings. The summed E-state index contributed by atoms with van der Waals surface area (Å²) in [6.07, 6.45) is 0.959. The first kappa shape index (κ1) is 11.1. The largest absolute Gasteiger partial charge is 0.515 e. The fourth-order valence-corrected chi connectivity index (χ4v) is 1.37. The van der Waals surface area contributed by atoms with Crippen molar-refractivity contribution in [3.63, 3.8) is 0 Å². The maximum atomic E-state index is 11.2. The number of aliphatic hydroxyl groups excluding tert-OH is 2. The van der Waals surface area contributed by atoms with Crippen LogP contribution in [0.15, 0.2) is 23.7 Å². The molecular formula is C9H8O6. The quantitative estimate of drug-likeness (QED) is 0.314. The Morgan fingerprint density at radius 1 is 1.40 bits per heavy atom. The van der Waals surface area contributed by atoms with Crippen molar-refractivity contribution in [3.05, 3.63) is 23.7 Å². The SMILES string of the molecule is O=CC1C(=O)C=C(O)C(=CO)C1(O)C=O. The molecule has 2 atom stereocenters. The highest BCUT2D eigenvalue weighted by molar-refractivity contribution is 6.08. The topological polar surface area (TPSA) is 112 Å². The van der Waals surface area contributed by atoms with Crippen LogP contribution in [-0.2, 0) is 14.4 Å². The van der Waals surface area contributed by atoms with E-state index in [0.717, 1.165) is 0 Å². The van der Waals surface area contributed by atoms with Gasteiger partial charge in [0.05, 0.1) is 11.8 Å². The number of ketones is 1. The Balaban J connectivity index is 3.43. The predicted molar refractivity (Wildman–Crippen MR) is 47.0 cm³/mol. The maximum absolute atomic E-state index is 11.2. The first-order valence-corrected chi connectivity index (χ1v) is 3.95. The number of allylic oxidation sites excluding steroid dienone is 1. The van der Waals surface area contributed by atoms with Crippen LogP contribution in [0.4, 0.5) is 0 Å². The Bertz CT molecular complexity index is 380. The highest BCUT2D eigenvalue weighted by Gasteiger charge is 2.48. The van der Waals surface area contributed by atoms with Gasteiger partial charge in [-0.1, -0.05) is 0 Å². The Hall–Kier alpha value is -1.95. The van der Waals surface area contributed by atoms with Crippen LogP contribution in [0.5, 0.6) is 0 Å². The van der Waals surface area contributed by atoms with Gasteiger partial charge < -0.3 is 20.1 Å². The molecule has 1 aliphatic rings. The van der Waals surface area contributed by atoms with E-state index in [1.807, 2.05) is 0 Å². The average Bonchev–Trinajstić information content (AvgIpc) is 2.18. The van der Waals surface area contributed by atoms with Crippen molar-refractivity contribution in [2.75, 3.05) is 0 Å². The standard InChI is InChI=1S/C9H8O6/c10-2-5-7(13)1-8(14)6(3-11)9(5,15)4-12/h1-5,11,14-15H. The zero-order chi connectivity index (χ0) is 11.6. The number of carbonyl (C=O) groups excluding carboxylic acids is 3. The molecule has 15 heavy (non-hydrogen) atoms. The Morgan fingerprint density at radius 2 is 2.00 bits per heavy atom. The van der Waals surface area contributed by atoms with Crippen LogP contribution in [0.3, 0.4) is 0 Å². The van der Waals surface area contributed by atoms with Gasteiger partial charge in [0.2, 0.25) is 0 Å². The molecule has 0 bridgehead atoms. The summed E-state index contributed by atoms with van der Waals surface area (Å²) in [4.78, 5) is 32.4. The molecule has 6 nitrogen and oxygen atoms in total. The van der Waals surface area contributed by atoms with Crippen molar-refractivity contribution >= 4 is 18.4 Å². The molecule has 80 valence electrons. The second kappa shape index (κ2) is 3.66. The third-order valence-corrected chi connectivity index (χ3v) is 2.21. The van der Waals surface area contributed by atoms with Crippen molar-refractivity contribution in [1.82, 2.24) is 0 Å². The summed E-state index contributed by atoms with van der Waals surface area (Å²) in [7, 11) is 0. The molecule has 0 radical (unpaired) electrons. The van der Waals surface area contributed by atoms with Gasteiger partial charge in [-0.2, -0.15) is 0 Å². The molecule has 0 amide bonds. The van der Waals surface area contributed by atoms with Crippen LogP contribution in [0.2, 0.25) is 0 Å². The number of hydrogen-bond donors (Lipinski definition) is 3. The Morgan fingerprint density at radius 3 is 2.40 bits per heavy atom. The molecule has 3 N–H and O–H groups in total. The fraction of sp³-hybridized carbons (Fsp3) is 0.222. The monoisotopic (exact) mass is 212 g/mol. The minimum Gasteiger partial charge on any atom is -0.515 e. The fourth-order valence-electron chi connectivity index (χ4n) is 1.37. The van der Waals surface area contributed by atoms with E-state index in [1.54, 1.807) is 0 Å². The van der Waals surface area contributed by atoms with Crippen LogP contribution >= 0.6 is 0 Å². The van der Waals surface area contributed by atoms with Gasteiger partial charge in [-0.3, -0.25) is 9.59 Å². The molecule has 0 aliphatic heterocycles. The zero-order valence-corrected chi connectivity index (χ0v) is 7.45. The average molecular weight is 212 g/mol. The predicted octanol–water partition coefficient (Wildman–Crippen LogP) is -0.802. The van der Waals surface area contributed by atoms with Gasteiger partial charge >= 0.3 is 0 Å². The normalized spacial score (nSPS) is 33.7. The van der Waals surface area contributed by atoms with E-state index in [4.69, 9.17) is 5.11 Å². The van der Waals surface area contributed by atoms with Crippen molar-refractivity contribution in [1.29, 1.82) is 0 Å². The molecule has 0 aromatic heterocycles. The van der Waals surface area contributed by atoms with Crippen molar-refractivity contribution in [2.45, 2.75) is 5.60 Å². The second-order valence-electron chi connectivity index (χ2n) is 3.03. The van der Waals surface area contributed by atoms with E-state index >= 15 is 0 Å². The van der Waals surface area contributed by atoms with Crippen LogP contribution < -0.4 is 0 Å². The molecule has 0 fully saturated rings. The minimum atomic E-state index is -2.51. The van der Waals surface area contributed by atoms with Gasteiger partial charge in [0, 0.05) is 6.08 Å². The van der Waals surface area contributed by atoms with E-state index in [-0.39, 0.29) is 18.8 Å². The number of aldehydes is 2. The van der Waals surface area contributed by atoms with Crippen LogP contribution in [0.25, 0.3) is 0 Å². The van der Waals surface area contributed by atoms with Crippen molar-refractivity contribution in [2.24, 2.45) is 5.92 Å². The minimum absolute atomic E-state index is 0.0742. The summed E-state index contributed by atoms with van der Waals surface area (Å²) in [6, 6.07) is 0. The van der Waals surface area contributed by atoms with Crippen molar-refractivity contribution < 1.29 is 29.7 Å². The number of hydrogen-bond acceptors (Lipinski definition) is 6. The highest BCUT2D eigenvalue weighted by atomic mass is 16.3. The maximum Gasteiger partial charge on any atom is 0.173 e. The zero-order valence-electron chi connectivity index (χ0n) is 7.45. The third kappa shape index (κ3) is 1.44. The molecule has 0 heterocycles. The molecule has 2 unspecified atom stereocenters. The molecule has 1 aliphatic carbocycles. The lowest BCUT2D eigenvalue weighted by Crippen LogP contribution is -2.49. The molecule has 0 saturated heterocycles. The molecule has 0 aromatic carbocycles. The number of aliphatic hydroxyl groups is 3. The highest BCUT2D eigenvalue weighted by Crippen LogP contribution is 2.32. The molecule has 6 heteroatoms. The van der Waals surface area contributed by atoms with Gasteiger partial charge in [-0.25, -0.2) is 0 Å². The van der Waals surface area contributed by atoms with Gasteiger partial charge in [-0.15, -0.1) is 0 Å². The van der Waals surface area contributed by atoms with Gasteiger partial charge in [0.1, 0.15) is 18.0 Å². The first-order valence-electron chi connectivity index (χ1n) is 3.95. The molecule has 1 rings (SSSR count). The summed E-state index contributed by atoms with van der Waals surface area (Å²) in [5.74, 6) is -3.29. The lowest BCUT2D eigenvalue weighted by atomic mass is 9.76. The molecule has 0 spiro atoms. The van der Waals surface area contributed by atoms with E-state index < -0.39 is 28.6 Å². The van der Waals surface area contributed by atoms with Gasteiger partial charge in [-0.05, 0) is 0 Å². The summed E-state index contributed by atoms with van der Waals surface area (Å²) in [5.41, 5.74) is -3.08. The number of rotatable bonds is 2. The summed E-state index contributed by atoms with van der Waals surface area (Å²) in [6.45, 7) is 0. The molecule has 0 saturated carbocycles. The second-order valence-corrected chi connectivity index (χ2v) is 3.03. The van der Waals surface area contributed by atoms with E-state index in [2.05, 4.69) is 0 Å². The smallest absolute Gasteiger partial charge is 0.173 e. The summed E-state index contributed by atoms with van der Waals surface area (Å²) >= 11 is 0. The summed E-state index contributed by atoms with van der Waals surface area (Å²) < 4.78 is 0. The third-order valence-electron chi connectivity index (χ3n) is 2.21. The van der Waals surface area contributed by atoms with Crippen LogP contribution in [-0.4, -0.2) is 39.3 Å². The van der Waals surface area contributed by atoms with Gasteiger partial charge in [0.25, 0.3) is 0 Å².